The largest absolute Gasteiger partial charge is 0.366 e. The highest BCUT2D eigenvalue weighted by Crippen LogP contribution is 2.24. The minimum atomic E-state index is -0.405. The van der Waals surface area contributed by atoms with Gasteiger partial charge in [0.15, 0.2) is 5.16 Å². The molecule has 4 nitrogen and oxygen atoms in total. The molecule has 1 amide bonds. The van der Waals surface area contributed by atoms with E-state index in [1.165, 1.54) is 0 Å². The van der Waals surface area contributed by atoms with E-state index in [2.05, 4.69) is 9.97 Å². The number of amides is 1. The Morgan fingerprint density at radius 2 is 1.82 bits per heavy atom. The molecule has 0 spiro atoms. The van der Waals surface area contributed by atoms with Crippen LogP contribution in [0.1, 0.15) is 15.9 Å². The lowest BCUT2D eigenvalue weighted by atomic mass is 10.1. The molecule has 5 heteroatoms. The summed E-state index contributed by atoms with van der Waals surface area (Å²) in [6.45, 7) is 0. The number of nitrogens with two attached hydrogens (primary N) is 1. The Morgan fingerprint density at radius 1 is 1.09 bits per heavy atom. The first kappa shape index (κ1) is 14.4. The van der Waals surface area contributed by atoms with Crippen LogP contribution in [0.4, 0.5) is 0 Å². The maximum Gasteiger partial charge on any atom is 0.248 e. The molecule has 1 heterocycles. The van der Waals surface area contributed by atoms with Crippen molar-refractivity contribution in [1.82, 2.24) is 9.97 Å². The zero-order valence-electron chi connectivity index (χ0n) is 11.8. The molecular formula is C17H15N3OS. The second-order valence-electron chi connectivity index (χ2n) is 4.82. The van der Waals surface area contributed by atoms with Gasteiger partial charge in [0.25, 0.3) is 0 Å². The van der Waals surface area contributed by atoms with Crippen molar-refractivity contribution in [3.8, 4) is 11.3 Å². The van der Waals surface area contributed by atoms with E-state index in [4.69, 9.17) is 5.73 Å². The van der Waals surface area contributed by atoms with E-state index < -0.39 is 5.91 Å². The van der Waals surface area contributed by atoms with E-state index in [1.54, 1.807) is 23.9 Å². The van der Waals surface area contributed by atoms with E-state index in [0.717, 1.165) is 27.7 Å². The summed E-state index contributed by atoms with van der Waals surface area (Å²) in [6.07, 6.45) is 1.84. The normalized spacial score (nSPS) is 10.5. The zero-order valence-corrected chi connectivity index (χ0v) is 12.6. The molecule has 1 aromatic heterocycles. The van der Waals surface area contributed by atoms with Crippen molar-refractivity contribution in [2.75, 3.05) is 0 Å². The molecule has 0 saturated carbocycles. The number of primary amides is 1. The summed E-state index contributed by atoms with van der Waals surface area (Å²) < 4.78 is 0. The van der Waals surface area contributed by atoms with E-state index in [0.29, 0.717) is 5.56 Å². The molecule has 2 aromatic carbocycles. The van der Waals surface area contributed by atoms with Crippen LogP contribution in [0.25, 0.3) is 11.3 Å². The standard InChI is InChI=1S/C17H15N3OS/c18-16(21)14-8-6-12(7-9-14)11-22-17-19-10-15(20-17)13-4-2-1-3-5-13/h1-10H,11H2,(H2,18,21)(H,19,20). The maximum absolute atomic E-state index is 11.0. The van der Waals surface area contributed by atoms with E-state index in [1.807, 2.05) is 48.7 Å². The molecule has 22 heavy (non-hydrogen) atoms. The summed E-state index contributed by atoms with van der Waals surface area (Å²) in [7, 11) is 0. The number of H-pyrrole nitrogens is 1. The van der Waals surface area contributed by atoms with Crippen molar-refractivity contribution >= 4 is 17.7 Å². The second-order valence-corrected chi connectivity index (χ2v) is 5.78. The maximum atomic E-state index is 11.0. The molecular weight excluding hydrogens is 294 g/mol. The minimum Gasteiger partial charge on any atom is -0.366 e. The van der Waals surface area contributed by atoms with Crippen molar-refractivity contribution < 1.29 is 4.79 Å². The summed E-state index contributed by atoms with van der Waals surface area (Å²) in [5.41, 5.74) is 9.00. The lowest BCUT2D eigenvalue weighted by molar-refractivity contribution is 0.100. The summed E-state index contributed by atoms with van der Waals surface area (Å²) >= 11 is 1.62. The summed E-state index contributed by atoms with van der Waals surface area (Å²) in [6, 6.07) is 17.4. The highest BCUT2D eigenvalue weighted by molar-refractivity contribution is 7.98. The van der Waals surface area contributed by atoms with Crippen LogP contribution in [0, 0.1) is 0 Å². The Labute approximate surface area is 132 Å². The van der Waals surface area contributed by atoms with Crippen LogP contribution in [0.5, 0.6) is 0 Å². The van der Waals surface area contributed by atoms with Crippen LogP contribution in [-0.2, 0) is 5.75 Å². The lowest BCUT2D eigenvalue weighted by Gasteiger charge is -2.01. The Kier molecular flexibility index (Phi) is 4.25. The first-order chi connectivity index (χ1) is 10.7. The van der Waals surface area contributed by atoms with Gasteiger partial charge in [-0.2, -0.15) is 0 Å². The summed E-state index contributed by atoms with van der Waals surface area (Å²) in [5.74, 6) is 0.374. The average Bonchev–Trinajstić information content (AvgIpc) is 3.03. The van der Waals surface area contributed by atoms with Crippen molar-refractivity contribution in [2.45, 2.75) is 10.9 Å². The van der Waals surface area contributed by atoms with Crippen LogP contribution < -0.4 is 5.73 Å². The molecule has 0 fully saturated rings. The van der Waals surface area contributed by atoms with Crippen molar-refractivity contribution in [1.29, 1.82) is 0 Å². The molecule has 0 aliphatic carbocycles. The Bertz CT molecular complexity index is 766. The number of rotatable bonds is 5. The molecule has 3 rings (SSSR count). The number of hydrogen-bond donors (Lipinski definition) is 2. The van der Waals surface area contributed by atoms with Gasteiger partial charge in [0, 0.05) is 11.3 Å². The summed E-state index contributed by atoms with van der Waals surface area (Å²) in [4.78, 5) is 18.7. The minimum absolute atomic E-state index is 0.405. The smallest absolute Gasteiger partial charge is 0.248 e. The van der Waals surface area contributed by atoms with E-state index >= 15 is 0 Å². The first-order valence-electron chi connectivity index (χ1n) is 6.84. The van der Waals surface area contributed by atoms with Gasteiger partial charge in [-0.15, -0.1) is 0 Å². The molecule has 3 N–H and O–H groups in total. The van der Waals surface area contributed by atoms with Crippen LogP contribution >= 0.6 is 11.8 Å². The Morgan fingerprint density at radius 3 is 2.50 bits per heavy atom. The van der Waals surface area contributed by atoms with Gasteiger partial charge in [-0.25, -0.2) is 4.98 Å². The highest BCUT2D eigenvalue weighted by Gasteiger charge is 2.05. The van der Waals surface area contributed by atoms with Gasteiger partial charge in [0.2, 0.25) is 5.91 Å². The van der Waals surface area contributed by atoms with Gasteiger partial charge < -0.3 is 10.7 Å². The SMILES string of the molecule is NC(=O)c1ccc(CSc2ncc(-c3ccccc3)[nH]2)cc1. The second kappa shape index (κ2) is 6.49. The number of nitrogens with zero attached hydrogens (tertiary/aromatic N) is 1. The highest BCUT2D eigenvalue weighted by atomic mass is 32.2. The molecule has 0 aliphatic heterocycles. The van der Waals surface area contributed by atoms with Crippen LogP contribution in [0.3, 0.4) is 0 Å². The van der Waals surface area contributed by atoms with E-state index in [9.17, 15) is 4.79 Å². The number of carbonyl (C=O) groups is 1. The number of imidazole rings is 1. The first-order valence-corrected chi connectivity index (χ1v) is 7.83. The predicted molar refractivity (Wildman–Crippen MR) is 88.5 cm³/mol. The van der Waals surface area contributed by atoms with Gasteiger partial charge in [0.1, 0.15) is 0 Å². The lowest BCUT2D eigenvalue weighted by Crippen LogP contribution is -2.10. The molecule has 0 unspecified atom stereocenters. The van der Waals surface area contributed by atoms with Crippen LogP contribution in [0.15, 0.2) is 66.0 Å². The predicted octanol–water partition coefficient (Wildman–Crippen LogP) is 3.47. The number of benzene rings is 2. The van der Waals surface area contributed by atoms with E-state index in [-0.39, 0.29) is 0 Å². The fourth-order valence-electron chi connectivity index (χ4n) is 2.06. The van der Waals surface area contributed by atoms with Gasteiger partial charge in [-0.1, -0.05) is 54.2 Å². The molecule has 3 aromatic rings. The Hall–Kier alpha value is -2.53. The number of thioether (sulfide) groups is 1. The quantitative estimate of drug-likeness (QED) is 0.709. The number of aromatic nitrogens is 2. The zero-order chi connectivity index (χ0) is 15.4. The number of aromatic amines is 1. The monoisotopic (exact) mass is 309 g/mol. The van der Waals surface area contributed by atoms with Crippen LogP contribution in [0.2, 0.25) is 0 Å². The number of nitrogens with one attached hydrogen (secondary N) is 1. The summed E-state index contributed by atoms with van der Waals surface area (Å²) in [5, 5.41) is 0.873. The van der Waals surface area contributed by atoms with Crippen molar-refractivity contribution in [3.05, 3.63) is 71.9 Å². The molecule has 0 saturated heterocycles. The van der Waals surface area contributed by atoms with Gasteiger partial charge >= 0.3 is 0 Å². The fourth-order valence-corrected chi connectivity index (χ4v) is 2.86. The molecule has 0 atom stereocenters. The van der Waals surface area contributed by atoms with Crippen molar-refractivity contribution in [2.24, 2.45) is 5.73 Å². The third-order valence-corrected chi connectivity index (χ3v) is 4.21. The van der Waals surface area contributed by atoms with Gasteiger partial charge in [0.05, 0.1) is 11.9 Å². The molecule has 0 radical (unpaired) electrons. The molecule has 0 bridgehead atoms. The fraction of sp³-hybridized carbons (Fsp3) is 0.0588. The molecule has 0 aliphatic rings. The number of carbonyl (C=O) groups excluding carboxylic acids is 1. The Balaban J connectivity index is 1.65. The average molecular weight is 309 g/mol. The number of hydrogen-bond acceptors (Lipinski definition) is 3. The topological polar surface area (TPSA) is 71.8 Å². The van der Waals surface area contributed by atoms with Gasteiger partial charge in [-0.05, 0) is 23.3 Å². The van der Waals surface area contributed by atoms with Gasteiger partial charge in [-0.3, -0.25) is 4.79 Å². The van der Waals surface area contributed by atoms with Crippen molar-refractivity contribution in [3.63, 3.8) is 0 Å². The molecule has 110 valence electrons. The van der Waals surface area contributed by atoms with Crippen LogP contribution in [-0.4, -0.2) is 15.9 Å². The third kappa shape index (κ3) is 3.38. The third-order valence-electron chi connectivity index (χ3n) is 3.25.